The van der Waals surface area contributed by atoms with E-state index < -0.39 is 0 Å². The maximum Gasteiger partial charge on any atom is 0.189 e. The highest BCUT2D eigenvalue weighted by Gasteiger charge is 2.14. The van der Waals surface area contributed by atoms with Crippen molar-refractivity contribution in [2.45, 2.75) is 19.0 Å². The molecule has 100 valence electrons. The summed E-state index contributed by atoms with van der Waals surface area (Å²) in [5.74, 6) is 2.37. The quantitative estimate of drug-likeness (QED) is 0.915. The van der Waals surface area contributed by atoms with Gasteiger partial charge >= 0.3 is 0 Å². The number of benzene rings is 1. The molecule has 1 fully saturated rings. The SMILES string of the molecule is O=c1cc(CN[C@H]2CCSC2)[nH]c2c(Cl)cccc12. The number of hydrogen-bond acceptors (Lipinski definition) is 3. The molecule has 0 aliphatic carbocycles. The third-order valence-electron chi connectivity index (χ3n) is 3.38. The first kappa shape index (κ1) is 13.0. The molecule has 0 bridgehead atoms. The van der Waals surface area contributed by atoms with Crippen molar-refractivity contribution in [1.29, 1.82) is 0 Å². The van der Waals surface area contributed by atoms with Gasteiger partial charge in [-0.15, -0.1) is 0 Å². The normalized spacial score (nSPS) is 19.1. The van der Waals surface area contributed by atoms with E-state index in [2.05, 4.69) is 10.3 Å². The van der Waals surface area contributed by atoms with Gasteiger partial charge in [0.15, 0.2) is 5.43 Å². The van der Waals surface area contributed by atoms with Gasteiger partial charge < -0.3 is 10.3 Å². The molecule has 1 aromatic carbocycles. The minimum Gasteiger partial charge on any atom is -0.356 e. The van der Waals surface area contributed by atoms with E-state index in [1.54, 1.807) is 24.3 Å². The van der Waals surface area contributed by atoms with Crippen LogP contribution < -0.4 is 10.7 Å². The van der Waals surface area contributed by atoms with Gasteiger partial charge in [0.1, 0.15) is 0 Å². The van der Waals surface area contributed by atoms with Crippen LogP contribution in [0.5, 0.6) is 0 Å². The Morgan fingerprint density at radius 3 is 3.16 bits per heavy atom. The molecule has 19 heavy (non-hydrogen) atoms. The second-order valence-electron chi connectivity index (χ2n) is 4.76. The molecule has 1 aliphatic heterocycles. The van der Waals surface area contributed by atoms with Crippen molar-refractivity contribution in [3.63, 3.8) is 0 Å². The topological polar surface area (TPSA) is 44.9 Å². The average molecular weight is 295 g/mol. The third-order valence-corrected chi connectivity index (χ3v) is 4.86. The molecule has 5 heteroatoms. The summed E-state index contributed by atoms with van der Waals surface area (Å²) in [7, 11) is 0. The molecule has 1 aromatic heterocycles. The van der Waals surface area contributed by atoms with Crippen molar-refractivity contribution in [2.75, 3.05) is 11.5 Å². The molecule has 0 radical (unpaired) electrons. The largest absolute Gasteiger partial charge is 0.356 e. The van der Waals surface area contributed by atoms with Crippen LogP contribution in [0.15, 0.2) is 29.1 Å². The predicted molar refractivity (Wildman–Crippen MR) is 82.1 cm³/mol. The summed E-state index contributed by atoms with van der Waals surface area (Å²) in [6.45, 7) is 0.682. The number of aromatic nitrogens is 1. The molecule has 0 saturated carbocycles. The van der Waals surface area contributed by atoms with E-state index in [0.717, 1.165) is 17.0 Å². The first-order valence-corrected chi connectivity index (χ1v) is 7.89. The van der Waals surface area contributed by atoms with E-state index in [-0.39, 0.29) is 5.43 Å². The van der Waals surface area contributed by atoms with Crippen LogP contribution in [0.4, 0.5) is 0 Å². The van der Waals surface area contributed by atoms with Crippen LogP contribution in [0.25, 0.3) is 10.9 Å². The van der Waals surface area contributed by atoms with Crippen molar-refractivity contribution in [2.24, 2.45) is 0 Å². The fourth-order valence-electron chi connectivity index (χ4n) is 2.33. The number of H-pyrrole nitrogens is 1. The Kier molecular flexibility index (Phi) is 3.82. The fraction of sp³-hybridized carbons (Fsp3) is 0.357. The summed E-state index contributed by atoms with van der Waals surface area (Å²) in [5, 5.41) is 4.71. The number of fused-ring (bicyclic) bond motifs is 1. The molecule has 0 spiro atoms. The van der Waals surface area contributed by atoms with Crippen LogP contribution in [0.3, 0.4) is 0 Å². The Labute approximate surface area is 120 Å². The van der Waals surface area contributed by atoms with Crippen LogP contribution >= 0.6 is 23.4 Å². The summed E-state index contributed by atoms with van der Waals surface area (Å²) in [5.41, 5.74) is 1.64. The van der Waals surface area contributed by atoms with Gasteiger partial charge in [0.2, 0.25) is 0 Å². The van der Waals surface area contributed by atoms with Crippen LogP contribution in [0.2, 0.25) is 5.02 Å². The minimum absolute atomic E-state index is 0.0221. The molecule has 1 atom stereocenters. The number of para-hydroxylation sites is 1. The van der Waals surface area contributed by atoms with Crippen molar-refractivity contribution < 1.29 is 0 Å². The average Bonchev–Trinajstić information content (AvgIpc) is 2.91. The van der Waals surface area contributed by atoms with Crippen LogP contribution in [-0.4, -0.2) is 22.5 Å². The lowest BCUT2D eigenvalue weighted by Gasteiger charge is -2.11. The number of halogens is 1. The lowest BCUT2D eigenvalue weighted by atomic mass is 10.2. The van der Waals surface area contributed by atoms with E-state index in [1.807, 2.05) is 11.8 Å². The van der Waals surface area contributed by atoms with Gasteiger partial charge in [0, 0.05) is 35.5 Å². The van der Waals surface area contributed by atoms with Gasteiger partial charge in [-0.05, 0) is 24.3 Å². The molecule has 0 unspecified atom stereocenters. The highest BCUT2D eigenvalue weighted by molar-refractivity contribution is 7.99. The van der Waals surface area contributed by atoms with Gasteiger partial charge in [-0.25, -0.2) is 0 Å². The zero-order chi connectivity index (χ0) is 13.2. The van der Waals surface area contributed by atoms with E-state index in [4.69, 9.17) is 11.6 Å². The second kappa shape index (κ2) is 5.57. The zero-order valence-electron chi connectivity index (χ0n) is 10.4. The number of aromatic amines is 1. The molecule has 0 amide bonds. The maximum atomic E-state index is 12.0. The van der Waals surface area contributed by atoms with E-state index in [0.29, 0.717) is 23.0 Å². The Hall–Kier alpha value is -0.970. The highest BCUT2D eigenvalue weighted by atomic mass is 35.5. The molecule has 2 N–H and O–H groups in total. The van der Waals surface area contributed by atoms with Crippen molar-refractivity contribution in [3.05, 3.63) is 45.2 Å². The number of hydrogen-bond donors (Lipinski definition) is 2. The van der Waals surface area contributed by atoms with Crippen LogP contribution in [-0.2, 0) is 6.54 Å². The summed E-state index contributed by atoms with van der Waals surface area (Å²) in [4.78, 5) is 15.3. The summed E-state index contributed by atoms with van der Waals surface area (Å²) < 4.78 is 0. The van der Waals surface area contributed by atoms with Gasteiger partial charge in [-0.1, -0.05) is 17.7 Å². The third kappa shape index (κ3) is 2.81. The molecule has 3 rings (SSSR count). The van der Waals surface area contributed by atoms with Crippen LogP contribution in [0, 0.1) is 0 Å². The lowest BCUT2D eigenvalue weighted by Crippen LogP contribution is -2.28. The number of nitrogens with one attached hydrogen (secondary N) is 2. The molecular formula is C14H15ClN2OS. The Balaban J connectivity index is 1.87. The Morgan fingerprint density at radius 2 is 2.37 bits per heavy atom. The molecule has 2 aromatic rings. The molecule has 2 heterocycles. The first-order chi connectivity index (χ1) is 9.24. The standard InChI is InChI=1S/C14H15ClN2OS/c15-12-3-1-2-11-13(18)6-10(17-14(11)12)7-16-9-4-5-19-8-9/h1-3,6,9,16H,4-5,7-8H2,(H,17,18)/t9-/m0/s1. The van der Waals surface area contributed by atoms with E-state index >= 15 is 0 Å². The molecule has 3 nitrogen and oxygen atoms in total. The summed E-state index contributed by atoms with van der Waals surface area (Å²) >= 11 is 8.10. The highest BCUT2D eigenvalue weighted by Crippen LogP contribution is 2.20. The summed E-state index contributed by atoms with van der Waals surface area (Å²) in [6, 6.07) is 7.60. The Morgan fingerprint density at radius 1 is 1.47 bits per heavy atom. The molecule has 1 saturated heterocycles. The van der Waals surface area contributed by atoms with Gasteiger partial charge in [-0.2, -0.15) is 11.8 Å². The van der Waals surface area contributed by atoms with Crippen molar-refractivity contribution in [1.82, 2.24) is 10.3 Å². The molecule has 1 aliphatic rings. The monoisotopic (exact) mass is 294 g/mol. The first-order valence-electron chi connectivity index (χ1n) is 6.35. The van der Waals surface area contributed by atoms with Gasteiger partial charge in [-0.3, -0.25) is 4.79 Å². The Bertz CT molecular complexity index is 649. The second-order valence-corrected chi connectivity index (χ2v) is 6.32. The predicted octanol–water partition coefficient (Wildman–Crippen LogP) is 2.78. The lowest BCUT2D eigenvalue weighted by molar-refractivity contribution is 0.552. The number of pyridine rings is 1. The van der Waals surface area contributed by atoms with Crippen molar-refractivity contribution >= 4 is 34.3 Å². The van der Waals surface area contributed by atoms with Crippen LogP contribution in [0.1, 0.15) is 12.1 Å². The zero-order valence-corrected chi connectivity index (χ0v) is 12.0. The molecular weight excluding hydrogens is 280 g/mol. The fourth-order valence-corrected chi connectivity index (χ4v) is 3.74. The summed E-state index contributed by atoms with van der Waals surface area (Å²) in [6.07, 6.45) is 1.20. The maximum absolute atomic E-state index is 12.0. The smallest absolute Gasteiger partial charge is 0.189 e. The van der Waals surface area contributed by atoms with E-state index in [1.165, 1.54) is 12.2 Å². The van der Waals surface area contributed by atoms with Gasteiger partial charge in [0.25, 0.3) is 0 Å². The van der Waals surface area contributed by atoms with Crippen molar-refractivity contribution in [3.8, 4) is 0 Å². The van der Waals surface area contributed by atoms with E-state index in [9.17, 15) is 4.79 Å². The number of thioether (sulfide) groups is 1. The minimum atomic E-state index is 0.0221. The van der Waals surface area contributed by atoms with Gasteiger partial charge in [0.05, 0.1) is 10.5 Å². The number of rotatable bonds is 3.